The molecule has 2 heterocycles. The van der Waals surface area contributed by atoms with Crippen LogP contribution in [0.1, 0.15) is 41.0 Å². The Bertz CT molecular complexity index is 1220. The number of sulfonamides is 1. The summed E-state index contributed by atoms with van der Waals surface area (Å²) in [6.45, 7) is 0.943. The highest BCUT2D eigenvalue weighted by molar-refractivity contribution is 7.89. The van der Waals surface area contributed by atoms with E-state index in [-0.39, 0.29) is 17.3 Å². The molecule has 0 saturated carbocycles. The van der Waals surface area contributed by atoms with Crippen molar-refractivity contribution in [2.75, 3.05) is 14.1 Å². The van der Waals surface area contributed by atoms with Crippen LogP contribution in [0, 0.1) is 0 Å². The summed E-state index contributed by atoms with van der Waals surface area (Å²) in [5.74, 6) is 0.526. The molecule has 0 atom stereocenters. The predicted molar refractivity (Wildman–Crippen MR) is 124 cm³/mol. The molecule has 0 unspecified atom stereocenters. The number of benzene rings is 2. The van der Waals surface area contributed by atoms with E-state index < -0.39 is 10.0 Å². The van der Waals surface area contributed by atoms with E-state index in [0.29, 0.717) is 11.3 Å². The summed E-state index contributed by atoms with van der Waals surface area (Å²) in [6.07, 6.45) is 3.99. The smallest absolute Gasteiger partial charge is 0.272 e. The van der Waals surface area contributed by atoms with Gasteiger partial charge in [-0.15, -0.1) is 0 Å². The zero-order chi connectivity index (χ0) is 22.7. The number of fused-ring (bicyclic) bond motifs is 1. The monoisotopic (exact) mass is 452 g/mol. The first-order valence-corrected chi connectivity index (χ1v) is 12.3. The summed E-state index contributed by atoms with van der Waals surface area (Å²) in [6, 6.07) is 16.6. The van der Waals surface area contributed by atoms with Crippen LogP contribution in [0.25, 0.3) is 11.4 Å². The van der Waals surface area contributed by atoms with Crippen LogP contribution in [0.3, 0.4) is 0 Å². The van der Waals surface area contributed by atoms with E-state index >= 15 is 0 Å². The maximum Gasteiger partial charge on any atom is 0.272 e. The van der Waals surface area contributed by atoms with E-state index in [1.54, 1.807) is 24.3 Å². The van der Waals surface area contributed by atoms with Gasteiger partial charge in [-0.2, -0.15) is 0 Å². The Balaban J connectivity index is 1.64. The number of aromatic nitrogens is 2. The lowest BCUT2D eigenvalue weighted by Crippen LogP contribution is -2.27. The van der Waals surface area contributed by atoms with Crippen molar-refractivity contribution in [2.24, 2.45) is 0 Å². The molecule has 0 spiro atoms. The average Bonchev–Trinajstić information content (AvgIpc) is 2.99. The molecule has 3 aromatic rings. The molecule has 32 heavy (non-hydrogen) atoms. The summed E-state index contributed by atoms with van der Waals surface area (Å²) in [4.78, 5) is 18.1. The Kier molecular flexibility index (Phi) is 6.43. The quantitative estimate of drug-likeness (QED) is 0.621. The van der Waals surface area contributed by atoms with E-state index in [0.717, 1.165) is 49.3 Å². The van der Waals surface area contributed by atoms with Crippen LogP contribution in [-0.2, 0) is 29.5 Å². The second kappa shape index (κ2) is 9.26. The molecule has 1 amide bonds. The van der Waals surface area contributed by atoms with Gasteiger partial charge >= 0.3 is 0 Å². The maximum absolute atomic E-state index is 13.2. The number of hydrogen-bond acceptors (Lipinski definition) is 4. The van der Waals surface area contributed by atoms with Gasteiger partial charge in [-0.25, -0.2) is 17.7 Å². The van der Waals surface area contributed by atoms with E-state index in [9.17, 15) is 13.2 Å². The number of carbonyl (C=O) groups excluding carboxylic acids is 1. The molecule has 0 aliphatic carbocycles. The van der Waals surface area contributed by atoms with Crippen LogP contribution in [0.4, 0.5) is 0 Å². The molecule has 1 aliphatic heterocycles. The Morgan fingerprint density at radius 1 is 1.03 bits per heavy atom. The van der Waals surface area contributed by atoms with Crippen LogP contribution >= 0.6 is 0 Å². The Morgan fingerprint density at radius 2 is 1.75 bits per heavy atom. The second-order valence-electron chi connectivity index (χ2n) is 8.14. The molecular formula is C24H28N4O3S. The first kappa shape index (κ1) is 22.2. The highest BCUT2D eigenvalue weighted by Crippen LogP contribution is 2.27. The van der Waals surface area contributed by atoms with Crippen molar-refractivity contribution in [2.45, 2.75) is 43.7 Å². The zero-order valence-electron chi connectivity index (χ0n) is 18.4. The SMILES string of the molecule is CN(C)S(=O)(=O)c1ccccc1CNC(=O)c1nc(-c2ccccc2)n2c1CCCCC2. The summed E-state index contributed by atoms with van der Waals surface area (Å²) < 4.78 is 28.7. The average molecular weight is 453 g/mol. The maximum atomic E-state index is 13.2. The van der Waals surface area contributed by atoms with Gasteiger partial charge in [0, 0.05) is 32.7 Å². The summed E-state index contributed by atoms with van der Waals surface area (Å²) in [7, 11) is -0.616. The first-order chi connectivity index (χ1) is 15.4. The molecule has 2 aromatic carbocycles. The van der Waals surface area contributed by atoms with Gasteiger partial charge in [0.1, 0.15) is 11.5 Å². The fraction of sp³-hybridized carbons (Fsp3) is 0.333. The lowest BCUT2D eigenvalue weighted by atomic mass is 10.1. The van der Waals surface area contributed by atoms with Crippen molar-refractivity contribution in [3.63, 3.8) is 0 Å². The molecule has 1 N–H and O–H groups in total. The normalized spacial score (nSPS) is 14.1. The molecule has 1 aliphatic rings. The highest BCUT2D eigenvalue weighted by atomic mass is 32.2. The van der Waals surface area contributed by atoms with Gasteiger partial charge in [0.05, 0.1) is 10.6 Å². The van der Waals surface area contributed by atoms with Gasteiger partial charge in [-0.1, -0.05) is 55.0 Å². The number of carbonyl (C=O) groups is 1. The van der Waals surface area contributed by atoms with Crippen molar-refractivity contribution < 1.29 is 13.2 Å². The number of nitrogens with zero attached hydrogens (tertiary/aromatic N) is 3. The first-order valence-electron chi connectivity index (χ1n) is 10.8. The zero-order valence-corrected chi connectivity index (χ0v) is 19.2. The van der Waals surface area contributed by atoms with Crippen molar-refractivity contribution in [3.8, 4) is 11.4 Å². The minimum absolute atomic E-state index is 0.106. The number of rotatable bonds is 6. The third-order valence-electron chi connectivity index (χ3n) is 5.79. The Morgan fingerprint density at radius 3 is 2.50 bits per heavy atom. The minimum atomic E-state index is -3.61. The molecule has 0 saturated heterocycles. The largest absolute Gasteiger partial charge is 0.347 e. The summed E-state index contributed by atoms with van der Waals surface area (Å²) in [5.41, 5.74) is 2.91. The fourth-order valence-corrected chi connectivity index (χ4v) is 5.18. The molecular weight excluding hydrogens is 424 g/mol. The van der Waals surface area contributed by atoms with Gasteiger partial charge in [0.2, 0.25) is 10.0 Å². The molecule has 4 rings (SSSR count). The molecule has 168 valence electrons. The fourth-order valence-electron chi connectivity index (χ4n) is 4.07. The Labute approximate surface area is 189 Å². The molecule has 8 heteroatoms. The summed E-state index contributed by atoms with van der Waals surface area (Å²) >= 11 is 0. The number of nitrogens with one attached hydrogen (secondary N) is 1. The van der Waals surface area contributed by atoms with Crippen LogP contribution in [-0.4, -0.2) is 42.3 Å². The molecule has 0 bridgehead atoms. The third-order valence-corrected chi connectivity index (χ3v) is 7.70. The lowest BCUT2D eigenvalue weighted by molar-refractivity contribution is 0.0945. The van der Waals surface area contributed by atoms with Crippen molar-refractivity contribution in [3.05, 3.63) is 71.5 Å². The molecule has 0 radical (unpaired) electrons. The van der Waals surface area contributed by atoms with Crippen LogP contribution in [0.5, 0.6) is 0 Å². The third kappa shape index (κ3) is 4.33. The van der Waals surface area contributed by atoms with Crippen molar-refractivity contribution in [1.29, 1.82) is 0 Å². The van der Waals surface area contributed by atoms with Crippen LogP contribution in [0.15, 0.2) is 59.5 Å². The van der Waals surface area contributed by atoms with Crippen molar-refractivity contribution >= 4 is 15.9 Å². The van der Waals surface area contributed by atoms with E-state index in [1.165, 1.54) is 18.4 Å². The standard InChI is InChI=1S/C24H28N4O3S/c1-27(2)32(30,31)21-15-9-8-13-19(21)17-25-24(29)22-20-14-7-4-10-16-28(20)23(26-22)18-11-5-3-6-12-18/h3,5-6,8-9,11-13,15H,4,7,10,14,16-17H2,1-2H3,(H,25,29). The van der Waals surface area contributed by atoms with Gasteiger partial charge in [0.25, 0.3) is 5.91 Å². The molecule has 1 aromatic heterocycles. The number of imidazole rings is 1. The topological polar surface area (TPSA) is 84.3 Å². The van der Waals surface area contributed by atoms with E-state index in [4.69, 9.17) is 4.98 Å². The molecule has 0 fully saturated rings. The van der Waals surface area contributed by atoms with E-state index in [2.05, 4.69) is 9.88 Å². The van der Waals surface area contributed by atoms with Crippen LogP contribution < -0.4 is 5.32 Å². The predicted octanol–water partition coefficient (Wildman–Crippen LogP) is 3.46. The van der Waals surface area contributed by atoms with Gasteiger partial charge in [-0.3, -0.25) is 4.79 Å². The highest BCUT2D eigenvalue weighted by Gasteiger charge is 2.25. The van der Waals surface area contributed by atoms with Gasteiger partial charge in [-0.05, 0) is 30.9 Å². The second-order valence-corrected chi connectivity index (χ2v) is 10.3. The van der Waals surface area contributed by atoms with E-state index in [1.807, 2.05) is 30.3 Å². The number of hydrogen-bond donors (Lipinski definition) is 1. The van der Waals surface area contributed by atoms with Gasteiger partial charge in [0.15, 0.2) is 0 Å². The number of amides is 1. The minimum Gasteiger partial charge on any atom is -0.347 e. The Hall–Kier alpha value is -2.97. The van der Waals surface area contributed by atoms with Gasteiger partial charge < -0.3 is 9.88 Å². The van der Waals surface area contributed by atoms with Crippen molar-refractivity contribution in [1.82, 2.24) is 19.2 Å². The summed E-state index contributed by atoms with van der Waals surface area (Å²) in [5, 5.41) is 2.90. The lowest BCUT2D eigenvalue weighted by Gasteiger charge is -2.15. The van der Waals surface area contributed by atoms with Crippen LogP contribution in [0.2, 0.25) is 0 Å². The molecule has 7 nitrogen and oxygen atoms in total.